The predicted molar refractivity (Wildman–Crippen MR) is 92.7 cm³/mol. The maximum absolute atomic E-state index is 12.0. The molecule has 3 rings (SSSR count). The normalized spacial score (nSPS) is 10.4. The minimum absolute atomic E-state index is 0.120. The van der Waals surface area contributed by atoms with E-state index >= 15 is 0 Å². The number of carbonyl (C=O) groups excluding carboxylic acids is 1. The molecule has 0 bridgehead atoms. The van der Waals surface area contributed by atoms with E-state index in [2.05, 4.69) is 10.3 Å². The Morgan fingerprint density at radius 3 is 2.80 bits per heavy atom. The van der Waals surface area contributed by atoms with Crippen molar-refractivity contribution in [1.29, 1.82) is 0 Å². The molecule has 0 radical (unpaired) electrons. The van der Waals surface area contributed by atoms with Gasteiger partial charge in [-0.05, 0) is 18.2 Å². The molecule has 7 nitrogen and oxygen atoms in total. The van der Waals surface area contributed by atoms with Gasteiger partial charge in [0.25, 0.3) is 11.6 Å². The molecule has 1 N–H and O–H groups in total. The number of ether oxygens (including phenoxy) is 1. The van der Waals surface area contributed by atoms with E-state index in [0.29, 0.717) is 5.75 Å². The second kappa shape index (κ2) is 7.39. The van der Waals surface area contributed by atoms with E-state index in [4.69, 9.17) is 4.74 Å². The van der Waals surface area contributed by atoms with Gasteiger partial charge < -0.3 is 10.1 Å². The summed E-state index contributed by atoms with van der Waals surface area (Å²) in [6.07, 6.45) is 1.69. The number of nitrogens with one attached hydrogen (secondary N) is 1. The van der Waals surface area contributed by atoms with Gasteiger partial charge in [0.2, 0.25) is 0 Å². The molecular weight excluding hydrogens is 322 g/mol. The minimum atomic E-state index is -0.534. The van der Waals surface area contributed by atoms with Crippen molar-refractivity contribution in [3.8, 4) is 5.75 Å². The number of nitro groups is 1. The van der Waals surface area contributed by atoms with Crippen LogP contribution < -0.4 is 10.1 Å². The van der Waals surface area contributed by atoms with Gasteiger partial charge in [-0.2, -0.15) is 0 Å². The molecule has 0 aliphatic heterocycles. The first-order valence-electron chi connectivity index (χ1n) is 7.64. The van der Waals surface area contributed by atoms with Crippen molar-refractivity contribution in [3.05, 3.63) is 76.5 Å². The van der Waals surface area contributed by atoms with Crippen molar-refractivity contribution in [2.75, 3.05) is 13.2 Å². The smallest absolute Gasteiger partial charge is 0.270 e. The summed E-state index contributed by atoms with van der Waals surface area (Å²) >= 11 is 0. The molecule has 0 fully saturated rings. The molecule has 0 saturated heterocycles. The SMILES string of the molecule is O=C(NCCOc1cccc2cccnc12)c1cccc([N+](=O)[O-])c1. The standard InChI is InChI=1S/C18H15N3O4/c22-18(14-5-1-7-15(12-14)21(23)24)20-10-11-25-16-8-2-4-13-6-3-9-19-17(13)16/h1-9,12H,10-11H2,(H,20,22). The van der Waals surface area contributed by atoms with Crippen molar-refractivity contribution in [1.82, 2.24) is 10.3 Å². The number of rotatable bonds is 6. The van der Waals surface area contributed by atoms with Crippen LogP contribution in [-0.2, 0) is 0 Å². The molecule has 1 heterocycles. The zero-order valence-corrected chi connectivity index (χ0v) is 13.2. The number of benzene rings is 2. The fourth-order valence-corrected chi connectivity index (χ4v) is 2.38. The van der Waals surface area contributed by atoms with Gasteiger partial charge in [0.1, 0.15) is 17.9 Å². The zero-order chi connectivity index (χ0) is 17.6. The molecular formula is C18H15N3O4. The van der Waals surface area contributed by atoms with Gasteiger partial charge in [-0.1, -0.05) is 24.3 Å². The predicted octanol–water partition coefficient (Wildman–Crippen LogP) is 2.95. The second-order valence-corrected chi connectivity index (χ2v) is 5.24. The number of para-hydroxylation sites is 1. The summed E-state index contributed by atoms with van der Waals surface area (Å²) < 4.78 is 5.68. The highest BCUT2D eigenvalue weighted by Crippen LogP contribution is 2.22. The molecule has 7 heteroatoms. The van der Waals surface area contributed by atoms with E-state index in [-0.39, 0.29) is 30.3 Å². The lowest BCUT2D eigenvalue weighted by atomic mass is 10.2. The largest absolute Gasteiger partial charge is 0.489 e. The van der Waals surface area contributed by atoms with Crippen LogP contribution in [0.1, 0.15) is 10.4 Å². The van der Waals surface area contributed by atoms with Gasteiger partial charge in [-0.15, -0.1) is 0 Å². The highest BCUT2D eigenvalue weighted by atomic mass is 16.6. The number of hydrogen-bond acceptors (Lipinski definition) is 5. The second-order valence-electron chi connectivity index (χ2n) is 5.24. The lowest BCUT2D eigenvalue weighted by molar-refractivity contribution is -0.384. The average molecular weight is 337 g/mol. The summed E-state index contributed by atoms with van der Waals surface area (Å²) in [5.41, 5.74) is 0.877. The van der Waals surface area contributed by atoms with Gasteiger partial charge in [0, 0.05) is 29.3 Å². The van der Waals surface area contributed by atoms with E-state index < -0.39 is 4.92 Å². The third kappa shape index (κ3) is 3.89. The van der Waals surface area contributed by atoms with E-state index in [0.717, 1.165) is 10.9 Å². The maximum atomic E-state index is 12.0. The fraction of sp³-hybridized carbons (Fsp3) is 0.111. The molecule has 2 aromatic carbocycles. The summed E-state index contributed by atoms with van der Waals surface area (Å²) in [6.45, 7) is 0.529. The van der Waals surface area contributed by atoms with E-state index in [1.165, 1.54) is 24.3 Å². The van der Waals surface area contributed by atoms with Gasteiger partial charge in [-0.3, -0.25) is 19.9 Å². The molecule has 1 aromatic heterocycles. The third-order valence-corrected chi connectivity index (χ3v) is 3.56. The lowest BCUT2D eigenvalue weighted by Crippen LogP contribution is -2.28. The highest BCUT2D eigenvalue weighted by molar-refractivity contribution is 5.94. The van der Waals surface area contributed by atoms with Gasteiger partial charge in [0.15, 0.2) is 0 Å². The van der Waals surface area contributed by atoms with Crippen molar-refractivity contribution in [2.24, 2.45) is 0 Å². The van der Waals surface area contributed by atoms with Crippen molar-refractivity contribution < 1.29 is 14.5 Å². The van der Waals surface area contributed by atoms with Crippen LogP contribution in [0.5, 0.6) is 5.75 Å². The van der Waals surface area contributed by atoms with Gasteiger partial charge >= 0.3 is 0 Å². The molecule has 25 heavy (non-hydrogen) atoms. The van der Waals surface area contributed by atoms with E-state index in [1.807, 2.05) is 30.3 Å². The monoisotopic (exact) mass is 337 g/mol. The Balaban J connectivity index is 1.57. The summed E-state index contributed by atoms with van der Waals surface area (Å²) in [5, 5.41) is 14.4. The Morgan fingerprint density at radius 1 is 1.16 bits per heavy atom. The maximum Gasteiger partial charge on any atom is 0.270 e. The van der Waals surface area contributed by atoms with E-state index in [1.54, 1.807) is 6.20 Å². The van der Waals surface area contributed by atoms with Crippen LogP contribution in [0, 0.1) is 10.1 Å². The molecule has 0 spiro atoms. The van der Waals surface area contributed by atoms with Crippen LogP contribution in [0.25, 0.3) is 10.9 Å². The molecule has 0 aliphatic rings. The lowest BCUT2D eigenvalue weighted by Gasteiger charge is -2.09. The van der Waals surface area contributed by atoms with Crippen molar-refractivity contribution in [2.45, 2.75) is 0 Å². The molecule has 3 aromatic rings. The first-order valence-corrected chi connectivity index (χ1v) is 7.64. The van der Waals surface area contributed by atoms with Crippen molar-refractivity contribution in [3.63, 3.8) is 0 Å². The Kier molecular flexibility index (Phi) is 4.84. The number of hydrogen-bond donors (Lipinski definition) is 1. The summed E-state index contributed by atoms with van der Waals surface area (Å²) in [7, 11) is 0. The summed E-state index contributed by atoms with van der Waals surface area (Å²) in [4.78, 5) is 26.5. The molecule has 126 valence electrons. The molecule has 1 amide bonds. The van der Waals surface area contributed by atoms with Crippen LogP contribution in [0.2, 0.25) is 0 Å². The Hall–Kier alpha value is -3.48. The third-order valence-electron chi connectivity index (χ3n) is 3.56. The van der Waals surface area contributed by atoms with Crippen LogP contribution >= 0.6 is 0 Å². The minimum Gasteiger partial charge on any atom is -0.489 e. The Morgan fingerprint density at radius 2 is 1.96 bits per heavy atom. The quantitative estimate of drug-likeness (QED) is 0.424. The van der Waals surface area contributed by atoms with Crippen LogP contribution in [-0.4, -0.2) is 29.0 Å². The van der Waals surface area contributed by atoms with E-state index in [9.17, 15) is 14.9 Å². The number of nitrogens with zero attached hydrogens (tertiary/aromatic N) is 2. The van der Waals surface area contributed by atoms with Crippen LogP contribution in [0.4, 0.5) is 5.69 Å². The topological polar surface area (TPSA) is 94.4 Å². The Labute approximate surface area is 143 Å². The zero-order valence-electron chi connectivity index (χ0n) is 13.2. The number of pyridine rings is 1. The molecule has 0 aliphatic carbocycles. The van der Waals surface area contributed by atoms with Crippen LogP contribution in [0.15, 0.2) is 60.8 Å². The number of amides is 1. The van der Waals surface area contributed by atoms with Gasteiger partial charge in [0.05, 0.1) is 11.5 Å². The number of fused-ring (bicyclic) bond motifs is 1. The first kappa shape index (κ1) is 16.4. The number of non-ortho nitro benzene ring substituents is 1. The van der Waals surface area contributed by atoms with Crippen LogP contribution in [0.3, 0.4) is 0 Å². The molecule has 0 saturated carbocycles. The first-order chi connectivity index (χ1) is 12.1. The summed E-state index contributed by atoms with van der Waals surface area (Å²) in [6, 6.07) is 15.0. The number of aromatic nitrogens is 1. The molecule has 0 atom stereocenters. The average Bonchev–Trinajstić information content (AvgIpc) is 2.65. The Bertz CT molecular complexity index is 922. The highest BCUT2D eigenvalue weighted by Gasteiger charge is 2.11. The fourth-order valence-electron chi connectivity index (χ4n) is 2.38. The molecule has 0 unspecified atom stereocenters. The van der Waals surface area contributed by atoms with Gasteiger partial charge in [-0.25, -0.2) is 0 Å². The van der Waals surface area contributed by atoms with Crippen molar-refractivity contribution >= 4 is 22.5 Å². The number of nitro benzene ring substituents is 1. The summed E-state index contributed by atoms with van der Waals surface area (Å²) in [5.74, 6) is 0.256. The number of carbonyl (C=O) groups is 1.